The molecule has 0 radical (unpaired) electrons. The molecular formula is C11H10F3N3O2. The van der Waals surface area contributed by atoms with Crippen LogP contribution in [-0.4, -0.2) is 39.2 Å². The van der Waals surface area contributed by atoms with Gasteiger partial charge in [0.15, 0.2) is 5.82 Å². The van der Waals surface area contributed by atoms with E-state index in [0.29, 0.717) is 12.0 Å². The highest BCUT2D eigenvalue weighted by Crippen LogP contribution is 2.28. The highest BCUT2D eigenvalue weighted by atomic mass is 19.4. The summed E-state index contributed by atoms with van der Waals surface area (Å²) in [5.41, 5.74) is -0.244. The van der Waals surface area contributed by atoms with Gasteiger partial charge < -0.3 is 10.0 Å². The summed E-state index contributed by atoms with van der Waals surface area (Å²) in [5, 5.41) is 8.76. The van der Waals surface area contributed by atoms with Gasteiger partial charge in [-0.2, -0.15) is 13.2 Å². The molecule has 2 heterocycles. The van der Waals surface area contributed by atoms with E-state index in [1.54, 1.807) is 6.08 Å². The molecule has 0 spiro atoms. The fourth-order valence-electron chi connectivity index (χ4n) is 1.69. The molecule has 1 aliphatic rings. The molecule has 0 bridgehead atoms. The highest BCUT2D eigenvalue weighted by molar-refractivity contribution is 5.69. The average Bonchev–Trinajstić information content (AvgIpc) is 2.38. The highest BCUT2D eigenvalue weighted by Gasteiger charge is 2.31. The van der Waals surface area contributed by atoms with Gasteiger partial charge >= 0.3 is 12.3 Å². The van der Waals surface area contributed by atoms with E-state index in [0.717, 1.165) is 12.4 Å². The van der Waals surface area contributed by atoms with Gasteiger partial charge in [0, 0.05) is 25.5 Å². The summed E-state index contributed by atoms with van der Waals surface area (Å²) >= 11 is 0. The minimum absolute atomic E-state index is 0.190. The van der Waals surface area contributed by atoms with Gasteiger partial charge in [-0.3, -0.25) is 0 Å². The molecule has 0 atom stereocenters. The third-order valence-electron chi connectivity index (χ3n) is 2.75. The summed E-state index contributed by atoms with van der Waals surface area (Å²) in [7, 11) is 0. The van der Waals surface area contributed by atoms with Crippen LogP contribution in [0.15, 0.2) is 18.5 Å². The molecule has 1 aromatic heterocycles. The van der Waals surface area contributed by atoms with Gasteiger partial charge in [-0.05, 0) is 12.0 Å². The zero-order chi connectivity index (χ0) is 14.0. The first kappa shape index (κ1) is 13.3. The van der Waals surface area contributed by atoms with Gasteiger partial charge in [-0.25, -0.2) is 14.8 Å². The Balaban J connectivity index is 2.14. The van der Waals surface area contributed by atoms with Gasteiger partial charge in [-0.1, -0.05) is 6.08 Å². The van der Waals surface area contributed by atoms with Crippen molar-refractivity contribution in [3.63, 3.8) is 0 Å². The lowest BCUT2D eigenvalue weighted by Gasteiger charge is -2.23. The fourth-order valence-corrected chi connectivity index (χ4v) is 1.69. The fraction of sp³-hybridized carbons (Fsp3) is 0.364. The summed E-state index contributed by atoms with van der Waals surface area (Å²) in [6.45, 7) is 0.473. The van der Waals surface area contributed by atoms with Crippen molar-refractivity contribution in [1.82, 2.24) is 14.9 Å². The van der Waals surface area contributed by atoms with Gasteiger partial charge in [-0.15, -0.1) is 0 Å². The number of rotatable bonds is 1. The molecule has 8 heteroatoms. The molecule has 0 aromatic carbocycles. The Morgan fingerprint density at radius 3 is 2.37 bits per heavy atom. The topological polar surface area (TPSA) is 66.3 Å². The molecule has 0 saturated heterocycles. The van der Waals surface area contributed by atoms with Crippen molar-refractivity contribution in [1.29, 1.82) is 0 Å². The zero-order valence-electron chi connectivity index (χ0n) is 9.68. The Morgan fingerprint density at radius 1 is 1.32 bits per heavy atom. The quantitative estimate of drug-likeness (QED) is 0.852. The molecule has 19 heavy (non-hydrogen) atoms. The largest absolute Gasteiger partial charge is 0.465 e. The van der Waals surface area contributed by atoms with Crippen LogP contribution in [0.2, 0.25) is 0 Å². The monoisotopic (exact) mass is 273 g/mol. The van der Waals surface area contributed by atoms with Crippen molar-refractivity contribution in [3.8, 4) is 0 Å². The molecule has 1 N–H and O–H groups in total. The van der Waals surface area contributed by atoms with Crippen LogP contribution in [0.1, 0.15) is 17.8 Å². The molecule has 5 nitrogen and oxygen atoms in total. The lowest BCUT2D eigenvalue weighted by molar-refractivity contribution is -0.138. The molecule has 1 aromatic rings. The predicted molar refractivity (Wildman–Crippen MR) is 59.2 cm³/mol. The van der Waals surface area contributed by atoms with Crippen molar-refractivity contribution in [2.24, 2.45) is 0 Å². The Labute approximate surface area is 106 Å². The van der Waals surface area contributed by atoms with Gasteiger partial charge in [0.05, 0.1) is 5.56 Å². The normalized spacial score (nSPS) is 16.2. The first-order chi connectivity index (χ1) is 8.88. The second-order valence-electron chi connectivity index (χ2n) is 4.00. The number of alkyl halides is 3. The summed E-state index contributed by atoms with van der Waals surface area (Å²) in [6, 6.07) is 0. The van der Waals surface area contributed by atoms with E-state index in [2.05, 4.69) is 9.97 Å². The minimum atomic E-state index is -4.46. The minimum Gasteiger partial charge on any atom is -0.465 e. The Morgan fingerprint density at radius 2 is 1.95 bits per heavy atom. The summed E-state index contributed by atoms with van der Waals surface area (Å²) in [6.07, 6.45) is -2.03. The molecule has 0 aliphatic carbocycles. The van der Waals surface area contributed by atoms with Crippen molar-refractivity contribution < 1.29 is 23.1 Å². The SMILES string of the molecule is O=C(O)N1CC=C(c2ncc(C(F)(F)F)cn2)CC1. The maximum absolute atomic E-state index is 12.3. The van der Waals surface area contributed by atoms with E-state index in [9.17, 15) is 18.0 Å². The maximum atomic E-state index is 12.3. The van der Waals surface area contributed by atoms with Crippen LogP contribution in [0.4, 0.5) is 18.0 Å². The third-order valence-corrected chi connectivity index (χ3v) is 2.75. The molecule has 2 rings (SSSR count). The van der Waals surface area contributed by atoms with Crippen LogP contribution in [0.5, 0.6) is 0 Å². The van der Waals surface area contributed by atoms with E-state index in [1.165, 1.54) is 4.90 Å². The van der Waals surface area contributed by atoms with Crippen LogP contribution in [-0.2, 0) is 6.18 Å². The second kappa shape index (κ2) is 4.87. The van der Waals surface area contributed by atoms with Gasteiger partial charge in [0.2, 0.25) is 0 Å². The van der Waals surface area contributed by atoms with Crippen LogP contribution >= 0.6 is 0 Å². The number of carboxylic acid groups (broad SMARTS) is 1. The van der Waals surface area contributed by atoms with E-state index in [1.807, 2.05) is 0 Å². The number of hydrogen-bond donors (Lipinski definition) is 1. The smallest absolute Gasteiger partial charge is 0.419 e. The van der Waals surface area contributed by atoms with E-state index in [4.69, 9.17) is 5.11 Å². The zero-order valence-corrected chi connectivity index (χ0v) is 9.68. The summed E-state index contributed by atoms with van der Waals surface area (Å²) in [4.78, 5) is 19.2. The summed E-state index contributed by atoms with van der Waals surface area (Å²) < 4.78 is 37.0. The van der Waals surface area contributed by atoms with E-state index >= 15 is 0 Å². The molecule has 0 saturated carbocycles. The van der Waals surface area contributed by atoms with Gasteiger partial charge in [0.25, 0.3) is 0 Å². The summed E-state index contributed by atoms with van der Waals surface area (Å²) in [5.74, 6) is 0.207. The number of aromatic nitrogens is 2. The average molecular weight is 273 g/mol. The Hall–Kier alpha value is -2.12. The van der Waals surface area contributed by atoms with Crippen molar-refractivity contribution in [2.75, 3.05) is 13.1 Å². The van der Waals surface area contributed by atoms with Crippen LogP contribution < -0.4 is 0 Å². The molecule has 0 fully saturated rings. The number of hydrogen-bond acceptors (Lipinski definition) is 3. The third kappa shape index (κ3) is 3.01. The number of carbonyl (C=O) groups is 1. The van der Waals surface area contributed by atoms with Crippen LogP contribution in [0, 0.1) is 0 Å². The molecule has 1 aliphatic heterocycles. The first-order valence-corrected chi connectivity index (χ1v) is 5.44. The lowest BCUT2D eigenvalue weighted by Crippen LogP contribution is -2.33. The lowest BCUT2D eigenvalue weighted by atomic mass is 10.1. The Kier molecular flexibility index (Phi) is 3.41. The van der Waals surface area contributed by atoms with Crippen molar-refractivity contribution in [3.05, 3.63) is 29.9 Å². The maximum Gasteiger partial charge on any atom is 0.419 e. The number of amides is 1. The Bertz CT molecular complexity index is 511. The van der Waals surface area contributed by atoms with E-state index < -0.39 is 17.8 Å². The number of halogens is 3. The molecular weight excluding hydrogens is 263 g/mol. The van der Waals surface area contributed by atoms with E-state index in [-0.39, 0.29) is 18.9 Å². The van der Waals surface area contributed by atoms with Crippen LogP contribution in [0.25, 0.3) is 5.57 Å². The molecule has 0 unspecified atom stereocenters. The second-order valence-corrected chi connectivity index (χ2v) is 4.00. The first-order valence-electron chi connectivity index (χ1n) is 5.44. The van der Waals surface area contributed by atoms with Crippen molar-refractivity contribution in [2.45, 2.75) is 12.6 Å². The predicted octanol–water partition coefficient (Wildman–Crippen LogP) is 2.26. The van der Waals surface area contributed by atoms with Crippen LogP contribution in [0.3, 0.4) is 0 Å². The van der Waals surface area contributed by atoms with Gasteiger partial charge in [0.1, 0.15) is 0 Å². The molecule has 1 amide bonds. The standard InChI is InChI=1S/C11H10F3N3O2/c12-11(13,14)8-5-15-9(16-6-8)7-1-3-17(4-2-7)10(18)19/h1,5-6H,2-4H2,(H,18,19). The van der Waals surface area contributed by atoms with Crippen molar-refractivity contribution >= 4 is 11.7 Å². The number of nitrogens with zero attached hydrogens (tertiary/aromatic N) is 3. The molecule has 102 valence electrons.